The molecule has 0 aliphatic heterocycles. The fourth-order valence-electron chi connectivity index (χ4n) is 0.433. The number of aliphatic hydroxyl groups excluding tert-OH is 1. The van der Waals surface area contributed by atoms with Crippen molar-refractivity contribution in [2.45, 2.75) is 26.4 Å². The van der Waals surface area contributed by atoms with E-state index >= 15 is 0 Å². The summed E-state index contributed by atoms with van der Waals surface area (Å²) in [6.07, 6.45) is -0.639. The van der Waals surface area contributed by atoms with E-state index in [0.717, 1.165) is 0 Å². The first-order chi connectivity index (χ1) is 4.04. The van der Waals surface area contributed by atoms with E-state index in [1.807, 2.05) is 0 Å². The Balaban J connectivity index is 0. The van der Waals surface area contributed by atoms with Crippen molar-refractivity contribution >= 4 is 5.97 Å². The van der Waals surface area contributed by atoms with Gasteiger partial charge in [0.25, 0.3) is 0 Å². The van der Waals surface area contributed by atoms with Gasteiger partial charge in [0.1, 0.15) is 0 Å². The van der Waals surface area contributed by atoms with E-state index in [1.165, 1.54) is 0 Å². The van der Waals surface area contributed by atoms with E-state index in [4.69, 9.17) is 5.11 Å². The Kier molecular flexibility index (Phi) is 8.04. The normalized spacial score (nSPS) is 15.1. The minimum absolute atomic E-state index is 0. The number of carboxylic acids is 1. The van der Waals surface area contributed by atoms with Crippen molar-refractivity contribution in [3.05, 3.63) is 0 Å². The maximum absolute atomic E-state index is 9.89. The fourth-order valence-corrected chi connectivity index (χ4v) is 0.433. The van der Waals surface area contributed by atoms with Gasteiger partial charge in [0.2, 0.25) is 0 Å². The first-order valence-electron chi connectivity index (χ1n) is 2.92. The largest absolute Gasteiger partial charge is 1.00 e. The van der Waals surface area contributed by atoms with Gasteiger partial charge < -0.3 is 15.0 Å². The molecule has 0 fully saturated rings. The summed E-state index contributed by atoms with van der Waals surface area (Å²) < 4.78 is 0. The third kappa shape index (κ3) is 6.55. The topological polar surface area (TPSA) is 60.4 Å². The van der Waals surface area contributed by atoms with Gasteiger partial charge in [-0.25, -0.2) is 0 Å². The molecule has 10 heavy (non-hydrogen) atoms. The number of aliphatic carboxylic acids is 1. The summed E-state index contributed by atoms with van der Waals surface area (Å²) in [5.74, 6) is -1.32. The van der Waals surface area contributed by atoms with Crippen LogP contribution in [0.3, 0.4) is 0 Å². The Bertz CT molecular complexity index is 103. The molecule has 54 valence electrons. The average Bonchev–Trinajstić information content (AvgIpc) is 1.63. The van der Waals surface area contributed by atoms with Crippen LogP contribution in [0.4, 0.5) is 0 Å². The molecule has 1 N–H and O–H groups in total. The molecule has 0 saturated carbocycles. The van der Waals surface area contributed by atoms with Crippen LogP contribution in [0, 0.1) is 5.92 Å². The van der Waals surface area contributed by atoms with Gasteiger partial charge in [-0.1, -0.05) is 6.92 Å². The summed E-state index contributed by atoms with van der Waals surface area (Å²) in [5, 5.41) is 18.7. The molecule has 0 aromatic carbocycles. The first kappa shape index (κ1) is 13.1. The van der Waals surface area contributed by atoms with Crippen LogP contribution < -0.4 is 34.7 Å². The van der Waals surface area contributed by atoms with E-state index in [1.54, 1.807) is 13.8 Å². The zero-order valence-corrected chi connectivity index (χ0v) is 8.63. The summed E-state index contributed by atoms with van der Waals surface area (Å²) >= 11 is 0. The van der Waals surface area contributed by atoms with E-state index in [2.05, 4.69) is 0 Å². The molecule has 0 aliphatic rings. The zero-order valence-electron chi connectivity index (χ0n) is 6.63. The van der Waals surface area contributed by atoms with Crippen LogP contribution in [0.15, 0.2) is 0 Å². The molecule has 0 spiro atoms. The van der Waals surface area contributed by atoms with Crippen molar-refractivity contribution in [3.8, 4) is 0 Å². The van der Waals surface area contributed by atoms with Crippen LogP contribution in [0.1, 0.15) is 20.3 Å². The monoisotopic (exact) mass is 154 g/mol. The SMILES string of the molecule is CC(O)C(C)CC(=O)[O-].[Na+]. The molecule has 0 aliphatic carbocycles. The smallest absolute Gasteiger partial charge is 0.550 e. The molecule has 0 aromatic rings. The second-order valence-electron chi connectivity index (χ2n) is 2.29. The van der Waals surface area contributed by atoms with Crippen molar-refractivity contribution in [2.75, 3.05) is 0 Å². The summed E-state index contributed by atoms with van der Waals surface area (Å²) in [4.78, 5) is 9.89. The molecule has 0 radical (unpaired) electrons. The van der Waals surface area contributed by atoms with E-state index in [9.17, 15) is 9.90 Å². The molecule has 0 amide bonds. The van der Waals surface area contributed by atoms with Gasteiger partial charge in [-0.2, -0.15) is 0 Å². The van der Waals surface area contributed by atoms with Gasteiger partial charge in [-0.15, -0.1) is 0 Å². The average molecular weight is 154 g/mol. The van der Waals surface area contributed by atoms with E-state index in [0.29, 0.717) is 0 Å². The maximum atomic E-state index is 9.89. The Morgan fingerprint density at radius 1 is 1.60 bits per heavy atom. The van der Waals surface area contributed by atoms with Gasteiger partial charge in [0.15, 0.2) is 0 Å². The van der Waals surface area contributed by atoms with Crippen LogP contribution in [-0.2, 0) is 4.79 Å². The Morgan fingerprint density at radius 2 is 2.00 bits per heavy atom. The molecule has 3 nitrogen and oxygen atoms in total. The predicted molar refractivity (Wildman–Crippen MR) is 30.5 cm³/mol. The number of carbonyl (C=O) groups excluding carboxylic acids is 1. The molecule has 0 rings (SSSR count). The molecule has 0 bridgehead atoms. The van der Waals surface area contributed by atoms with Crippen LogP contribution in [0.5, 0.6) is 0 Å². The third-order valence-corrected chi connectivity index (χ3v) is 1.31. The minimum atomic E-state index is -1.11. The fraction of sp³-hybridized carbons (Fsp3) is 0.833. The first-order valence-corrected chi connectivity index (χ1v) is 2.92. The van der Waals surface area contributed by atoms with Crippen LogP contribution in [-0.4, -0.2) is 17.2 Å². The molecular formula is C6H11NaO3. The molecule has 4 heteroatoms. The number of rotatable bonds is 3. The molecular weight excluding hydrogens is 143 g/mol. The molecule has 0 saturated heterocycles. The molecule has 0 heterocycles. The van der Waals surface area contributed by atoms with Gasteiger partial charge in [0.05, 0.1) is 6.10 Å². The van der Waals surface area contributed by atoms with E-state index < -0.39 is 12.1 Å². The Hall–Kier alpha value is 0.430. The summed E-state index contributed by atoms with van der Waals surface area (Å²) in [5.41, 5.74) is 0. The van der Waals surface area contributed by atoms with Crippen molar-refractivity contribution in [2.24, 2.45) is 5.92 Å². The van der Waals surface area contributed by atoms with Crippen molar-refractivity contribution in [1.82, 2.24) is 0 Å². The van der Waals surface area contributed by atoms with Crippen LogP contribution in [0.2, 0.25) is 0 Å². The zero-order chi connectivity index (χ0) is 7.44. The van der Waals surface area contributed by atoms with Gasteiger partial charge in [0, 0.05) is 5.97 Å². The van der Waals surface area contributed by atoms with Crippen molar-refractivity contribution in [3.63, 3.8) is 0 Å². The number of aliphatic hydroxyl groups is 1. The quantitative estimate of drug-likeness (QED) is 0.423. The van der Waals surface area contributed by atoms with Gasteiger partial charge >= 0.3 is 29.6 Å². The number of carboxylic acid groups (broad SMARTS) is 1. The maximum Gasteiger partial charge on any atom is 1.00 e. The van der Waals surface area contributed by atoms with Gasteiger partial charge in [-0.3, -0.25) is 0 Å². The Labute approximate surface area is 82.7 Å². The van der Waals surface area contributed by atoms with Crippen molar-refractivity contribution < 1.29 is 44.6 Å². The van der Waals surface area contributed by atoms with Crippen LogP contribution >= 0.6 is 0 Å². The summed E-state index contributed by atoms with van der Waals surface area (Å²) in [6, 6.07) is 0. The third-order valence-electron chi connectivity index (χ3n) is 1.31. The number of carbonyl (C=O) groups is 1. The van der Waals surface area contributed by atoms with Gasteiger partial charge in [-0.05, 0) is 19.3 Å². The molecule has 2 unspecified atom stereocenters. The number of hydrogen-bond donors (Lipinski definition) is 1. The van der Waals surface area contributed by atoms with E-state index in [-0.39, 0.29) is 41.9 Å². The van der Waals surface area contributed by atoms with Crippen molar-refractivity contribution in [1.29, 1.82) is 0 Å². The van der Waals surface area contributed by atoms with Crippen LogP contribution in [0.25, 0.3) is 0 Å². The number of hydrogen-bond acceptors (Lipinski definition) is 3. The minimum Gasteiger partial charge on any atom is -0.550 e. The molecule has 0 aromatic heterocycles. The second kappa shape index (κ2) is 6.16. The molecule has 2 atom stereocenters. The summed E-state index contributed by atoms with van der Waals surface area (Å²) in [6.45, 7) is 3.23. The summed E-state index contributed by atoms with van der Waals surface area (Å²) in [7, 11) is 0. The standard InChI is InChI=1S/C6H12O3.Na/c1-4(5(2)7)3-6(8)9;/h4-5,7H,3H2,1-2H3,(H,8,9);/q;+1/p-1. The Morgan fingerprint density at radius 3 is 2.10 bits per heavy atom. The second-order valence-corrected chi connectivity index (χ2v) is 2.29. The predicted octanol–water partition coefficient (Wildman–Crippen LogP) is -3.85.